The van der Waals surface area contributed by atoms with Crippen LogP contribution in [0.5, 0.6) is 0 Å². The lowest BCUT2D eigenvalue weighted by atomic mass is 10.2. The molecule has 0 aliphatic heterocycles. The van der Waals surface area contributed by atoms with Gasteiger partial charge in [-0.3, -0.25) is 4.98 Å². The van der Waals surface area contributed by atoms with Crippen molar-refractivity contribution in [2.45, 2.75) is 25.0 Å². The molecule has 1 aromatic carbocycles. The molecule has 6 heteroatoms. The monoisotopic (exact) mass is 292 g/mol. The van der Waals surface area contributed by atoms with Gasteiger partial charge in [0.1, 0.15) is 0 Å². The zero-order valence-electron chi connectivity index (χ0n) is 11.1. The van der Waals surface area contributed by atoms with E-state index in [1.165, 1.54) is 12.1 Å². The van der Waals surface area contributed by atoms with Crippen LogP contribution < -0.4 is 4.72 Å². The van der Waals surface area contributed by atoms with Gasteiger partial charge in [-0.15, -0.1) is 0 Å². The topological polar surface area (TPSA) is 79.3 Å². The van der Waals surface area contributed by atoms with Gasteiger partial charge in [-0.25, -0.2) is 13.1 Å². The van der Waals surface area contributed by atoms with E-state index in [1.807, 2.05) is 13.0 Å². The highest BCUT2D eigenvalue weighted by Crippen LogP contribution is 2.11. The van der Waals surface area contributed by atoms with Crippen LogP contribution in [0, 0.1) is 6.92 Å². The average Bonchev–Trinajstić information content (AvgIpc) is 2.46. The molecule has 0 radical (unpaired) electrons. The van der Waals surface area contributed by atoms with Gasteiger partial charge in [0.25, 0.3) is 0 Å². The second-order valence-electron chi connectivity index (χ2n) is 4.39. The standard InChI is InChI=1S/C14H16N2O3S/c1-11-3-2-8-15-14(11)9-16-20(18,19)13-6-4-12(10-17)5-7-13/h2-8,16-17H,9-10H2,1H3. The normalized spacial score (nSPS) is 11.5. The predicted molar refractivity (Wildman–Crippen MR) is 75.4 cm³/mol. The molecule has 2 rings (SSSR count). The molecule has 0 aliphatic carbocycles. The smallest absolute Gasteiger partial charge is 0.240 e. The molecule has 0 saturated carbocycles. The maximum atomic E-state index is 12.1. The van der Waals surface area contributed by atoms with E-state index in [0.717, 1.165) is 5.56 Å². The lowest BCUT2D eigenvalue weighted by molar-refractivity contribution is 0.282. The Morgan fingerprint density at radius 1 is 1.20 bits per heavy atom. The molecule has 1 heterocycles. The Hall–Kier alpha value is -1.76. The highest BCUT2D eigenvalue weighted by Gasteiger charge is 2.14. The molecule has 0 bridgehead atoms. The molecule has 2 aromatic rings. The van der Waals surface area contributed by atoms with Crippen molar-refractivity contribution in [3.63, 3.8) is 0 Å². The van der Waals surface area contributed by atoms with Gasteiger partial charge in [-0.05, 0) is 36.2 Å². The van der Waals surface area contributed by atoms with E-state index < -0.39 is 10.0 Å². The highest BCUT2D eigenvalue weighted by atomic mass is 32.2. The predicted octanol–water partition coefficient (Wildman–Crippen LogP) is 1.36. The summed E-state index contributed by atoms with van der Waals surface area (Å²) in [6.45, 7) is 1.92. The van der Waals surface area contributed by atoms with E-state index in [1.54, 1.807) is 24.4 Å². The van der Waals surface area contributed by atoms with Crippen molar-refractivity contribution in [2.24, 2.45) is 0 Å². The number of hydrogen-bond donors (Lipinski definition) is 2. The first-order valence-corrected chi connectivity index (χ1v) is 7.61. The minimum absolute atomic E-state index is 0.110. The minimum Gasteiger partial charge on any atom is -0.392 e. The molecule has 1 aromatic heterocycles. The molecule has 0 spiro atoms. The van der Waals surface area contributed by atoms with E-state index in [0.29, 0.717) is 11.3 Å². The Kier molecular flexibility index (Phi) is 4.49. The fourth-order valence-corrected chi connectivity index (χ4v) is 2.71. The van der Waals surface area contributed by atoms with E-state index >= 15 is 0 Å². The van der Waals surface area contributed by atoms with Crippen LogP contribution in [0.4, 0.5) is 0 Å². The van der Waals surface area contributed by atoms with Crippen molar-refractivity contribution in [3.05, 3.63) is 59.4 Å². The number of nitrogens with zero attached hydrogens (tertiary/aromatic N) is 1. The molecule has 0 saturated heterocycles. The summed E-state index contributed by atoms with van der Waals surface area (Å²) in [6.07, 6.45) is 1.63. The zero-order chi connectivity index (χ0) is 14.6. The third kappa shape index (κ3) is 3.41. The van der Waals surface area contributed by atoms with Crippen LogP contribution in [0.25, 0.3) is 0 Å². The number of benzene rings is 1. The molecule has 20 heavy (non-hydrogen) atoms. The largest absolute Gasteiger partial charge is 0.392 e. The van der Waals surface area contributed by atoms with Crippen molar-refractivity contribution in [3.8, 4) is 0 Å². The summed E-state index contributed by atoms with van der Waals surface area (Å²) >= 11 is 0. The molecular weight excluding hydrogens is 276 g/mol. The van der Waals surface area contributed by atoms with Crippen LogP contribution in [0.3, 0.4) is 0 Å². The molecule has 106 valence electrons. The first-order chi connectivity index (χ1) is 9.53. The van der Waals surface area contributed by atoms with E-state index in [4.69, 9.17) is 5.11 Å². The van der Waals surface area contributed by atoms with Crippen molar-refractivity contribution < 1.29 is 13.5 Å². The number of aliphatic hydroxyl groups excluding tert-OH is 1. The van der Waals surface area contributed by atoms with Crippen molar-refractivity contribution in [1.29, 1.82) is 0 Å². The lowest BCUT2D eigenvalue weighted by Gasteiger charge is -2.08. The second kappa shape index (κ2) is 6.13. The van der Waals surface area contributed by atoms with Gasteiger partial charge in [0.05, 0.1) is 23.7 Å². The van der Waals surface area contributed by atoms with Gasteiger partial charge in [0, 0.05) is 6.20 Å². The molecule has 0 atom stereocenters. The Balaban J connectivity index is 2.13. The van der Waals surface area contributed by atoms with Gasteiger partial charge < -0.3 is 5.11 Å². The van der Waals surface area contributed by atoms with Crippen LogP contribution in [0.1, 0.15) is 16.8 Å². The first kappa shape index (κ1) is 14.6. The van der Waals surface area contributed by atoms with Crippen molar-refractivity contribution in [2.75, 3.05) is 0 Å². The summed E-state index contributed by atoms with van der Waals surface area (Å²) in [7, 11) is -3.57. The van der Waals surface area contributed by atoms with Crippen LogP contribution in [-0.4, -0.2) is 18.5 Å². The Morgan fingerprint density at radius 3 is 2.50 bits per heavy atom. The summed E-state index contributed by atoms with van der Waals surface area (Å²) in [5, 5.41) is 8.94. The van der Waals surface area contributed by atoms with Crippen molar-refractivity contribution in [1.82, 2.24) is 9.71 Å². The highest BCUT2D eigenvalue weighted by molar-refractivity contribution is 7.89. The molecule has 2 N–H and O–H groups in total. The van der Waals surface area contributed by atoms with E-state index in [-0.39, 0.29) is 18.0 Å². The number of nitrogens with one attached hydrogen (secondary N) is 1. The van der Waals surface area contributed by atoms with Crippen LogP contribution >= 0.6 is 0 Å². The van der Waals surface area contributed by atoms with Gasteiger partial charge in [-0.1, -0.05) is 18.2 Å². The van der Waals surface area contributed by atoms with Gasteiger partial charge in [-0.2, -0.15) is 0 Å². The first-order valence-electron chi connectivity index (χ1n) is 6.13. The summed E-state index contributed by atoms with van der Waals surface area (Å²) in [5.74, 6) is 0. The second-order valence-corrected chi connectivity index (χ2v) is 6.16. The number of aryl methyl sites for hydroxylation is 1. The Labute approximate surface area is 118 Å². The SMILES string of the molecule is Cc1cccnc1CNS(=O)(=O)c1ccc(CO)cc1. The Morgan fingerprint density at radius 2 is 1.90 bits per heavy atom. The molecule has 0 fully saturated rings. The number of sulfonamides is 1. The fourth-order valence-electron chi connectivity index (χ4n) is 1.72. The van der Waals surface area contributed by atoms with E-state index in [9.17, 15) is 8.42 Å². The number of aromatic nitrogens is 1. The minimum atomic E-state index is -3.57. The van der Waals surface area contributed by atoms with Crippen molar-refractivity contribution >= 4 is 10.0 Å². The molecule has 5 nitrogen and oxygen atoms in total. The quantitative estimate of drug-likeness (QED) is 0.872. The van der Waals surface area contributed by atoms with Crippen LogP contribution in [-0.2, 0) is 23.2 Å². The lowest BCUT2D eigenvalue weighted by Crippen LogP contribution is -2.24. The molecule has 0 unspecified atom stereocenters. The molecular formula is C14H16N2O3S. The summed E-state index contributed by atoms with van der Waals surface area (Å²) in [4.78, 5) is 4.31. The number of pyridine rings is 1. The van der Waals surface area contributed by atoms with Gasteiger partial charge >= 0.3 is 0 Å². The maximum Gasteiger partial charge on any atom is 0.240 e. The summed E-state index contributed by atoms with van der Waals surface area (Å²) in [5.41, 5.74) is 2.30. The third-order valence-electron chi connectivity index (χ3n) is 2.96. The third-order valence-corrected chi connectivity index (χ3v) is 4.38. The van der Waals surface area contributed by atoms with Crippen LogP contribution in [0.2, 0.25) is 0 Å². The van der Waals surface area contributed by atoms with Gasteiger partial charge in [0.15, 0.2) is 0 Å². The van der Waals surface area contributed by atoms with Crippen LogP contribution in [0.15, 0.2) is 47.5 Å². The summed E-state index contributed by atoms with van der Waals surface area (Å²) in [6, 6.07) is 9.80. The zero-order valence-corrected chi connectivity index (χ0v) is 11.9. The average molecular weight is 292 g/mol. The van der Waals surface area contributed by atoms with Gasteiger partial charge in [0.2, 0.25) is 10.0 Å². The molecule has 0 amide bonds. The number of rotatable bonds is 5. The van der Waals surface area contributed by atoms with E-state index in [2.05, 4.69) is 9.71 Å². The molecule has 0 aliphatic rings. The maximum absolute atomic E-state index is 12.1. The number of aliphatic hydroxyl groups is 1. The fraction of sp³-hybridized carbons (Fsp3) is 0.214. The summed E-state index contributed by atoms with van der Waals surface area (Å²) < 4.78 is 26.7. The Bertz CT molecular complexity index is 682. The number of hydrogen-bond acceptors (Lipinski definition) is 4.